The molecule has 4 nitrogen and oxygen atoms in total. The number of hydrogen-bond donors (Lipinski definition) is 2. The van der Waals surface area contributed by atoms with Crippen LogP contribution >= 0.6 is 12.8 Å². The molecule has 0 saturated carbocycles. The third-order valence-electron chi connectivity index (χ3n) is 1.90. The summed E-state index contributed by atoms with van der Waals surface area (Å²) in [4.78, 5) is 13.0. The van der Waals surface area contributed by atoms with E-state index in [0.29, 0.717) is 13.1 Å². The van der Waals surface area contributed by atoms with Gasteiger partial charge in [-0.15, -0.1) is 0 Å². The van der Waals surface area contributed by atoms with Gasteiger partial charge in [-0.05, 0) is 13.8 Å². The van der Waals surface area contributed by atoms with E-state index in [9.17, 15) is 4.79 Å². The van der Waals surface area contributed by atoms with Crippen LogP contribution in [0, 0.1) is 0 Å². The number of carbonyl (C=O) groups excluding carboxylic acids is 1. The Balaban J connectivity index is 2.14. The third-order valence-corrected chi connectivity index (χ3v) is 2.05. The Morgan fingerprint density at radius 3 is 2.77 bits per heavy atom. The average Bonchev–Trinajstić information content (AvgIpc) is 1.95. The average molecular weight is 204 g/mol. The zero-order chi connectivity index (χ0) is 9.84. The highest BCUT2D eigenvalue weighted by molar-refractivity contribution is 7.78. The van der Waals surface area contributed by atoms with Crippen molar-refractivity contribution < 1.29 is 9.53 Å². The molecule has 0 bridgehead atoms. The Morgan fingerprint density at radius 2 is 2.31 bits per heavy atom. The molecule has 1 aliphatic rings. The minimum Gasteiger partial charge on any atom is -0.372 e. The van der Waals surface area contributed by atoms with Crippen molar-refractivity contribution in [3.63, 3.8) is 0 Å². The molecule has 1 fully saturated rings. The lowest BCUT2D eigenvalue weighted by atomic mass is 10.1. The van der Waals surface area contributed by atoms with E-state index < -0.39 is 0 Å². The normalized spacial score (nSPS) is 17.7. The van der Waals surface area contributed by atoms with Crippen LogP contribution in [-0.2, 0) is 9.53 Å². The summed E-state index contributed by atoms with van der Waals surface area (Å²) >= 11 is 3.77. The van der Waals surface area contributed by atoms with Crippen LogP contribution in [0.2, 0.25) is 0 Å². The zero-order valence-corrected chi connectivity index (χ0v) is 8.88. The molecular weight excluding hydrogens is 188 g/mol. The molecule has 0 aromatic rings. The molecule has 0 spiro atoms. The molecule has 1 heterocycles. The van der Waals surface area contributed by atoms with Gasteiger partial charge in [-0.1, -0.05) is 12.8 Å². The quantitative estimate of drug-likeness (QED) is 0.636. The molecule has 76 valence electrons. The van der Waals surface area contributed by atoms with Crippen molar-refractivity contribution >= 4 is 18.7 Å². The number of rotatable bonds is 4. The van der Waals surface area contributed by atoms with Crippen LogP contribution in [0.1, 0.15) is 13.8 Å². The second kappa shape index (κ2) is 4.83. The summed E-state index contributed by atoms with van der Waals surface area (Å²) in [6.07, 6.45) is 0.467. The molecule has 0 atom stereocenters. The Kier molecular flexibility index (Phi) is 4.02. The van der Waals surface area contributed by atoms with Crippen LogP contribution in [-0.4, -0.2) is 42.6 Å². The van der Waals surface area contributed by atoms with Gasteiger partial charge in [0, 0.05) is 13.1 Å². The van der Waals surface area contributed by atoms with Crippen molar-refractivity contribution in [1.82, 2.24) is 9.62 Å². The van der Waals surface area contributed by atoms with E-state index in [1.165, 1.54) is 0 Å². The molecule has 1 saturated heterocycles. The molecule has 0 aromatic heterocycles. The SMILES string of the molecule is CC(C)OC1CN(C(=O)CNS)C1. The molecule has 1 amide bonds. The van der Waals surface area contributed by atoms with Gasteiger partial charge in [0.2, 0.25) is 5.91 Å². The monoisotopic (exact) mass is 204 g/mol. The maximum absolute atomic E-state index is 11.2. The summed E-state index contributed by atoms with van der Waals surface area (Å²) in [6.45, 7) is 5.72. The summed E-state index contributed by atoms with van der Waals surface area (Å²) < 4.78 is 8.05. The highest BCUT2D eigenvalue weighted by Crippen LogP contribution is 2.13. The van der Waals surface area contributed by atoms with E-state index in [-0.39, 0.29) is 24.7 Å². The second-order valence-corrected chi connectivity index (χ2v) is 3.76. The summed E-state index contributed by atoms with van der Waals surface area (Å²) in [5.74, 6) is 0.0820. The van der Waals surface area contributed by atoms with E-state index in [0.717, 1.165) is 0 Å². The Morgan fingerprint density at radius 1 is 1.69 bits per heavy atom. The molecule has 5 heteroatoms. The van der Waals surface area contributed by atoms with Crippen molar-refractivity contribution in [2.24, 2.45) is 0 Å². The fourth-order valence-corrected chi connectivity index (χ4v) is 1.43. The lowest BCUT2D eigenvalue weighted by Crippen LogP contribution is -2.56. The third kappa shape index (κ3) is 3.17. The number of nitrogens with zero attached hydrogens (tertiary/aromatic N) is 1. The number of likely N-dealkylation sites (tertiary alicyclic amines) is 1. The van der Waals surface area contributed by atoms with Crippen molar-refractivity contribution in [2.75, 3.05) is 19.6 Å². The van der Waals surface area contributed by atoms with Gasteiger partial charge in [0.05, 0.1) is 18.8 Å². The van der Waals surface area contributed by atoms with Crippen molar-refractivity contribution in [3.05, 3.63) is 0 Å². The molecule has 1 rings (SSSR count). The lowest BCUT2D eigenvalue weighted by Gasteiger charge is -2.39. The first-order chi connectivity index (χ1) is 6.13. The maximum atomic E-state index is 11.2. The molecular formula is C8H16N2O2S. The number of amides is 1. The van der Waals surface area contributed by atoms with Gasteiger partial charge < -0.3 is 9.64 Å². The Bertz CT molecular complexity index is 181. The first-order valence-electron chi connectivity index (χ1n) is 4.43. The maximum Gasteiger partial charge on any atom is 0.237 e. The van der Waals surface area contributed by atoms with E-state index in [4.69, 9.17) is 4.74 Å². The zero-order valence-electron chi connectivity index (χ0n) is 7.99. The molecule has 1 N–H and O–H groups in total. The van der Waals surface area contributed by atoms with Crippen LogP contribution in [0.15, 0.2) is 0 Å². The second-order valence-electron chi connectivity index (χ2n) is 3.44. The van der Waals surface area contributed by atoms with Crippen molar-refractivity contribution in [2.45, 2.75) is 26.1 Å². The van der Waals surface area contributed by atoms with Gasteiger partial charge in [0.15, 0.2) is 0 Å². The minimum atomic E-state index is 0.0820. The van der Waals surface area contributed by atoms with E-state index in [2.05, 4.69) is 17.5 Å². The fourth-order valence-electron chi connectivity index (χ4n) is 1.29. The summed E-state index contributed by atoms with van der Waals surface area (Å²) in [5.41, 5.74) is 0. The molecule has 0 unspecified atom stereocenters. The predicted octanol–water partition coefficient (Wildman–Crippen LogP) is 0.0566. The molecule has 0 aromatic carbocycles. The summed E-state index contributed by atoms with van der Waals surface area (Å²) in [5, 5.41) is 0. The Hall–Kier alpha value is -0.260. The van der Waals surface area contributed by atoms with Gasteiger partial charge in [-0.3, -0.25) is 9.52 Å². The topological polar surface area (TPSA) is 41.6 Å². The van der Waals surface area contributed by atoms with Crippen LogP contribution in [0.25, 0.3) is 0 Å². The minimum absolute atomic E-state index is 0.0820. The highest BCUT2D eigenvalue weighted by atomic mass is 32.1. The first-order valence-corrected chi connectivity index (χ1v) is 4.88. The van der Waals surface area contributed by atoms with Crippen LogP contribution in [0.5, 0.6) is 0 Å². The molecule has 13 heavy (non-hydrogen) atoms. The van der Waals surface area contributed by atoms with Gasteiger partial charge in [-0.25, -0.2) is 0 Å². The highest BCUT2D eigenvalue weighted by Gasteiger charge is 2.31. The standard InChI is InChI=1S/C8H16N2O2S/c1-6(2)12-7-4-10(5-7)8(11)3-9-13/h6-7,9,13H,3-5H2,1-2H3. The summed E-state index contributed by atoms with van der Waals surface area (Å²) in [7, 11) is 0. The van der Waals surface area contributed by atoms with Crippen molar-refractivity contribution in [3.8, 4) is 0 Å². The van der Waals surface area contributed by atoms with Gasteiger partial charge in [0.25, 0.3) is 0 Å². The smallest absolute Gasteiger partial charge is 0.237 e. The van der Waals surface area contributed by atoms with E-state index in [1.807, 2.05) is 13.8 Å². The molecule has 1 aliphatic heterocycles. The largest absolute Gasteiger partial charge is 0.372 e. The number of carbonyl (C=O) groups is 1. The number of hydrogen-bond acceptors (Lipinski definition) is 4. The van der Waals surface area contributed by atoms with Crippen LogP contribution in [0.4, 0.5) is 0 Å². The fraction of sp³-hybridized carbons (Fsp3) is 0.875. The molecule has 0 aliphatic carbocycles. The van der Waals surface area contributed by atoms with Crippen molar-refractivity contribution in [1.29, 1.82) is 0 Å². The van der Waals surface area contributed by atoms with Gasteiger partial charge in [0.1, 0.15) is 0 Å². The molecule has 0 radical (unpaired) electrons. The predicted molar refractivity (Wildman–Crippen MR) is 53.6 cm³/mol. The Labute approximate surface area is 84.2 Å². The van der Waals surface area contributed by atoms with Crippen LogP contribution < -0.4 is 4.72 Å². The van der Waals surface area contributed by atoms with E-state index >= 15 is 0 Å². The first kappa shape index (κ1) is 10.8. The van der Waals surface area contributed by atoms with Gasteiger partial charge in [-0.2, -0.15) is 0 Å². The van der Waals surface area contributed by atoms with Gasteiger partial charge >= 0.3 is 0 Å². The number of thiol groups is 1. The lowest BCUT2D eigenvalue weighted by molar-refractivity contribution is -0.146. The number of ether oxygens (including phenoxy) is 1. The van der Waals surface area contributed by atoms with E-state index in [1.54, 1.807) is 4.90 Å². The number of nitrogens with one attached hydrogen (secondary N) is 1. The van der Waals surface area contributed by atoms with Crippen LogP contribution in [0.3, 0.4) is 0 Å². The summed E-state index contributed by atoms with van der Waals surface area (Å²) in [6, 6.07) is 0.